The van der Waals surface area contributed by atoms with Crippen molar-refractivity contribution in [2.24, 2.45) is 17.3 Å². The molecule has 0 aromatic carbocycles. The van der Waals surface area contributed by atoms with E-state index in [4.69, 9.17) is 0 Å². The summed E-state index contributed by atoms with van der Waals surface area (Å²) in [5.74, 6) is 1.44. The molecule has 0 fully saturated rings. The Kier molecular flexibility index (Phi) is 1.94. The molecule has 2 aliphatic rings. The number of hydrogen-bond acceptors (Lipinski definition) is 0. The summed E-state index contributed by atoms with van der Waals surface area (Å²) in [5.41, 5.74) is 1.79. The van der Waals surface area contributed by atoms with Crippen LogP contribution in [0.15, 0.2) is 36.0 Å². The molecule has 0 heteroatoms. The molecule has 13 heavy (non-hydrogen) atoms. The van der Waals surface area contributed by atoms with E-state index in [0.717, 1.165) is 5.92 Å². The van der Waals surface area contributed by atoms with Crippen molar-refractivity contribution >= 4 is 0 Å². The Balaban J connectivity index is 2.24. The topological polar surface area (TPSA) is 0 Å². The highest BCUT2D eigenvalue weighted by atomic mass is 14.3. The molecule has 0 aromatic heterocycles. The lowest BCUT2D eigenvalue weighted by Crippen LogP contribution is -2.15. The largest absolute Gasteiger partial charge is 0.0873 e. The van der Waals surface area contributed by atoms with Crippen LogP contribution in [0.1, 0.15) is 27.2 Å². The maximum absolute atomic E-state index is 2.44. The van der Waals surface area contributed by atoms with Crippen LogP contribution >= 0.6 is 0 Å². The third-order valence-corrected chi connectivity index (χ3v) is 3.02. The van der Waals surface area contributed by atoms with Crippen LogP contribution in [0.5, 0.6) is 0 Å². The fraction of sp³-hybridized carbons (Fsp3) is 0.538. The van der Waals surface area contributed by atoms with Crippen LogP contribution in [0.4, 0.5) is 0 Å². The van der Waals surface area contributed by atoms with E-state index in [1.807, 2.05) is 0 Å². The van der Waals surface area contributed by atoms with Gasteiger partial charge in [-0.25, -0.2) is 0 Å². The first-order valence-electron chi connectivity index (χ1n) is 5.14. The van der Waals surface area contributed by atoms with Gasteiger partial charge >= 0.3 is 0 Å². The minimum atomic E-state index is 0.303. The van der Waals surface area contributed by atoms with Crippen LogP contribution in [0, 0.1) is 17.3 Å². The number of rotatable bonds is 0. The normalized spacial score (nSPS) is 31.8. The molecule has 0 saturated carbocycles. The van der Waals surface area contributed by atoms with Crippen LogP contribution in [0.2, 0.25) is 0 Å². The van der Waals surface area contributed by atoms with Crippen LogP contribution in [0.25, 0.3) is 0 Å². The van der Waals surface area contributed by atoms with Crippen LogP contribution < -0.4 is 0 Å². The lowest BCUT2D eigenvalue weighted by Gasteiger charge is -2.26. The van der Waals surface area contributed by atoms with E-state index in [-0.39, 0.29) is 0 Å². The van der Waals surface area contributed by atoms with Crippen molar-refractivity contribution in [2.45, 2.75) is 27.2 Å². The summed E-state index contributed by atoms with van der Waals surface area (Å²) in [6.45, 7) is 6.84. The van der Waals surface area contributed by atoms with Gasteiger partial charge in [-0.2, -0.15) is 0 Å². The second-order valence-corrected chi connectivity index (χ2v) is 5.14. The summed E-state index contributed by atoms with van der Waals surface area (Å²) in [7, 11) is 0. The maximum Gasteiger partial charge on any atom is 0.00185 e. The third-order valence-electron chi connectivity index (χ3n) is 3.02. The second-order valence-electron chi connectivity index (χ2n) is 5.14. The SMILES string of the molecule is CC(C)(C)C1=CC2C=CCC2C=C1. The Labute approximate surface area is 81.0 Å². The molecular formula is C13H18. The molecule has 0 bridgehead atoms. The van der Waals surface area contributed by atoms with Gasteiger partial charge in [0.1, 0.15) is 0 Å². The lowest BCUT2D eigenvalue weighted by atomic mass is 9.78. The van der Waals surface area contributed by atoms with Crippen molar-refractivity contribution in [3.05, 3.63) is 36.0 Å². The first-order valence-corrected chi connectivity index (χ1v) is 5.14. The fourth-order valence-corrected chi connectivity index (χ4v) is 2.07. The zero-order valence-corrected chi connectivity index (χ0v) is 8.75. The highest BCUT2D eigenvalue weighted by molar-refractivity contribution is 5.34. The van der Waals surface area contributed by atoms with Crippen molar-refractivity contribution in [3.8, 4) is 0 Å². The molecule has 0 N–H and O–H groups in total. The summed E-state index contributed by atoms with van der Waals surface area (Å²) in [6.07, 6.45) is 13.0. The quantitative estimate of drug-likeness (QED) is 0.491. The van der Waals surface area contributed by atoms with E-state index in [1.54, 1.807) is 0 Å². The van der Waals surface area contributed by atoms with Crippen molar-refractivity contribution in [2.75, 3.05) is 0 Å². The Morgan fingerprint density at radius 2 is 2.00 bits per heavy atom. The highest BCUT2D eigenvalue weighted by Gasteiger charge is 2.25. The minimum absolute atomic E-state index is 0.303. The van der Waals surface area contributed by atoms with E-state index in [1.165, 1.54) is 12.0 Å². The molecule has 0 spiro atoms. The lowest BCUT2D eigenvalue weighted by molar-refractivity contribution is 0.492. The predicted molar refractivity (Wildman–Crippen MR) is 57.4 cm³/mol. The molecule has 2 rings (SSSR count). The smallest absolute Gasteiger partial charge is 0.00185 e. The highest BCUT2D eigenvalue weighted by Crippen LogP contribution is 2.37. The number of fused-ring (bicyclic) bond motifs is 1. The van der Waals surface area contributed by atoms with Gasteiger partial charge < -0.3 is 0 Å². The molecule has 0 amide bonds. The van der Waals surface area contributed by atoms with Crippen molar-refractivity contribution in [1.29, 1.82) is 0 Å². The summed E-state index contributed by atoms with van der Waals surface area (Å²) in [6, 6.07) is 0. The molecule has 0 nitrogen and oxygen atoms in total. The standard InChI is InChI=1S/C13H18/c1-13(2,3)12-8-7-10-5-4-6-11(10)9-12/h4,6-11H,5H2,1-3H3. The van der Waals surface area contributed by atoms with E-state index >= 15 is 0 Å². The van der Waals surface area contributed by atoms with Gasteiger partial charge in [-0.1, -0.05) is 51.2 Å². The summed E-state index contributed by atoms with van der Waals surface area (Å²) in [4.78, 5) is 0. The number of hydrogen-bond donors (Lipinski definition) is 0. The Hall–Kier alpha value is -0.780. The fourth-order valence-electron chi connectivity index (χ4n) is 2.07. The zero-order valence-electron chi connectivity index (χ0n) is 8.75. The third kappa shape index (κ3) is 1.63. The predicted octanol–water partition coefficient (Wildman–Crippen LogP) is 3.72. The number of allylic oxidation sites excluding steroid dienone is 6. The van der Waals surface area contributed by atoms with Crippen LogP contribution in [-0.2, 0) is 0 Å². The van der Waals surface area contributed by atoms with Gasteiger partial charge in [0.05, 0.1) is 0 Å². The average Bonchev–Trinajstić information content (AvgIpc) is 2.47. The molecule has 0 saturated heterocycles. The molecule has 0 aliphatic heterocycles. The first kappa shape index (κ1) is 8.80. The van der Waals surface area contributed by atoms with Crippen LogP contribution in [0.3, 0.4) is 0 Å². The van der Waals surface area contributed by atoms with Crippen molar-refractivity contribution < 1.29 is 0 Å². The van der Waals surface area contributed by atoms with E-state index in [9.17, 15) is 0 Å². The van der Waals surface area contributed by atoms with E-state index in [2.05, 4.69) is 51.2 Å². The van der Waals surface area contributed by atoms with Gasteiger partial charge in [0, 0.05) is 5.92 Å². The molecule has 0 radical (unpaired) electrons. The van der Waals surface area contributed by atoms with Gasteiger partial charge in [-0.15, -0.1) is 0 Å². The van der Waals surface area contributed by atoms with Gasteiger partial charge in [-0.05, 0) is 23.3 Å². The van der Waals surface area contributed by atoms with E-state index < -0.39 is 0 Å². The van der Waals surface area contributed by atoms with Crippen LogP contribution in [-0.4, -0.2) is 0 Å². The van der Waals surface area contributed by atoms with Gasteiger partial charge in [0.25, 0.3) is 0 Å². The molecule has 0 aromatic rings. The van der Waals surface area contributed by atoms with E-state index in [0.29, 0.717) is 11.3 Å². The summed E-state index contributed by atoms with van der Waals surface area (Å²) < 4.78 is 0. The second kappa shape index (κ2) is 2.87. The summed E-state index contributed by atoms with van der Waals surface area (Å²) >= 11 is 0. The monoisotopic (exact) mass is 174 g/mol. The zero-order chi connectivity index (χ0) is 9.47. The Morgan fingerprint density at radius 3 is 2.69 bits per heavy atom. The molecule has 2 unspecified atom stereocenters. The molecule has 70 valence electrons. The minimum Gasteiger partial charge on any atom is -0.0873 e. The van der Waals surface area contributed by atoms with Gasteiger partial charge in [0.15, 0.2) is 0 Å². The Morgan fingerprint density at radius 1 is 1.23 bits per heavy atom. The molecule has 2 aliphatic carbocycles. The average molecular weight is 174 g/mol. The Bertz CT molecular complexity index is 284. The molecule has 0 heterocycles. The van der Waals surface area contributed by atoms with Gasteiger partial charge in [-0.3, -0.25) is 0 Å². The maximum atomic E-state index is 2.44. The van der Waals surface area contributed by atoms with Crippen molar-refractivity contribution in [1.82, 2.24) is 0 Å². The first-order chi connectivity index (χ1) is 6.07. The molecular weight excluding hydrogens is 156 g/mol. The summed E-state index contributed by atoms with van der Waals surface area (Å²) in [5, 5.41) is 0. The van der Waals surface area contributed by atoms with Gasteiger partial charge in [0.2, 0.25) is 0 Å². The van der Waals surface area contributed by atoms with Crippen molar-refractivity contribution in [3.63, 3.8) is 0 Å². The molecule has 2 atom stereocenters.